The summed E-state index contributed by atoms with van der Waals surface area (Å²) in [5.74, 6) is -0.0482. The monoisotopic (exact) mass is 194 g/mol. The quantitative estimate of drug-likeness (QED) is 0.714. The van der Waals surface area contributed by atoms with Gasteiger partial charge in [-0.15, -0.1) is 0 Å². The second-order valence-corrected chi connectivity index (χ2v) is 2.77. The topological polar surface area (TPSA) is 63.6 Å². The fourth-order valence-corrected chi connectivity index (χ4v) is 1.08. The van der Waals surface area contributed by atoms with Gasteiger partial charge in [-0.2, -0.15) is 5.10 Å². The molecule has 0 aliphatic heterocycles. The summed E-state index contributed by atoms with van der Waals surface area (Å²) in [5, 5.41) is 5.77. The average Bonchev–Trinajstić information content (AvgIpc) is 2.57. The van der Waals surface area contributed by atoms with E-state index >= 15 is 0 Å². The Labute approximate surface area is 78.2 Å². The van der Waals surface area contributed by atoms with Crippen LogP contribution in [0.3, 0.4) is 0 Å². The van der Waals surface area contributed by atoms with Gasteiger partial charge in [-0.1, -0.05) is 0 Å². The van der Waals surface area contributed by atoms with Gasteiger partial charge in [0.15, 0.2) is 0 Å². The van der Waals surface area contributed by atoms with Gasteiger partial charge in [0.05, 0.1) is 5.69 Å². The van der Waals surface area contributed by atoms with Crippen molar-refractivity contribution in [3.8, 4) is 5.82 Å². The van der Waals surface area contributed by atoms with E-state index < -0.39 is 11.5 Å². The second kappa shape index (κ2) is 3.06. The maximum absolute atomic E-state index is 12.9. The van der Waals surface area contributed by atoms with Gasteiger partial charge in [0, 0.05) is 0 Å². The normalized spacial score (nSPS) is 10.4. The minimum Gasteiger partial charge on any atom is -0.246 e. The first-order valence-corrected chi connectivity index (χ1v) is 3.94. The van der Waals surface area contributed by atoms with Crippen LogP contribution in [0.1, 0.15) is 5.69 Å². The summed E-state index contributed by atoms with van der Waals surface area (Å²) in [4.78, 5) is 15.0. The van der Waals surface area contributed by atoms with Gasteiger partial charge < -0.3 is 0 Å². The molecule has 6 heteroatoms. The van der Waals surface area contributed by atoms with E-state index in [2.05, 4.69) is 15.2 Å². The minimum absolute atomic E-state index is 0.246. The van der Waals surface area contributed by atoms with Crippen LogP contribution in [-0.4, -0.2) is 19.7 Å². The molecule has 14 heavy (non-hydrogen) atoms. The first kappa shape index (κ1) is 8.61. The first-order valence-electron chi connectivity index (χ1n) is 3.94. The molecule has 0 aliphatic rings. The van der Waals surface area contributed by atoms with Crippen LogP contribution < -0.4 is 5.69 Å². The predicted octanol–water partition coefficient (Wildman–Crippen LogP) is 0.403. The molecule has 5 nitrogen and oxygen atoms in total. The van der Waals surface area contributed by atoms with E-state index in [9.17, 15) is 9.18 Å². The van der Waals surface area contributed by atoms with Crippen LogP contribution in [0.2, 0.25) is 0 Å². The zero-order chi connectivity index (χ0) is 10.1. The molecule has 0 amide bonds. The van der Waals surface area contributed by atoms with E-state index in [1.165, 1.54) is 30.0 Å². The Hall–Kier alpha value is -1.98. The third kappa shape index (κ3) is 1.30. The number of hydrogen-bond acceptors (Lipinski definition) is 3. The SMILES string of the molecule is Cc1nc(-n2cn[nH]c2=O)ccc1F. The van der Waals surface area contributed by atoms with Crippen molar-refractivity contribution < 1.29 is 4.39 Å². The lowest BCUT2D eigenvalue weighted by Crippen LogP contribution is -2.15. The highest BCUT2D eigenvalue weighted by Crippen LogP contribution is 2.06. The molecule has 0 saturated carbocycles. The lowest BCUT2D eigenvalue weighted by atomic mass is 10.3. The molecule has 0 spiro atoms. The maximum atomic E-state index is 12.9. The molecule has 2 aromatic heterocycles. The summed E-state index contributed by atoms with van der Waals surface area (Å²) in [6.07, 6.45) is 1.29. The van der Waals surface area contributed by atoms with E-state index in [4.69, 9.17) is 0 Å². The molecule has 0 atom stereocenters. The largest absolute Gasteiger partial charge is 0.348 e. The number of aromatic amines is 1. The molecule has 0 aromatic carbocycles. The number of halogens is 1. The van der Waals surface area contributed by atoms with Crippen LogP contribution in [0.25, 0.3) is 5.82 Å². The highest BCUT2D eigenvalue weighted by atomic mass is 19.1. The summed E-state index contributed by atoms with van der Waals surface area (Å²) >= 11 is 0. The molecule has 0 bridgehead atoms. The van der Waals surface area contributed by atoms with E-state index in [-0.39, 0.29) is 5.69 Å². The van der Waals surface area contributed by atoms with Crippen LogP contribution in [0.5, 0.6) is 0 Å². The molecule has 2 aromatic rings. The van der Waals surface area contributed by atoms with E-state index in [1.807, 2.05) is 0 Å². The standard InChI is InChI=1S/C8H7FN4O/c1-5-6(9)2-3-7(11-5)13-4-10-12-8(13)14/h2-4H,1H3,(H,12,14). The zero-order valence-electron chi connectivity index (χ0n) is 7.36. The van der Waals surface area contributed by atoms with Crippen molar-refractivity contribution in [3.63, 3.8) is 0 Å². The molecule has 0 aliphatic carbocycles. The van der Waals surface area contributed by atoms with Crippen molar-refractivity contribution in [3.05, 3.63) is 40.5 Å². The van der Waals surface area contributed by atoms with Gasteiger partial charge in [-0.25, -0.2) is 23.8 Å². The fraction of sp³-hybridized carbons (Fsp3) is 0.125. The molecular formula is C8H7FN4O. The van der Waals surface area contributed by atoms with Crippen molar-refractivity contribution in [2.24, 2.45) is 0 Å². The molecule has 2 heterocycles. The Balaban J connectivity index is 2.59. The van der Waals surface area contributed by atoms with E-state index in [0.29, 0.717) is 5.82 Å². The number of aryl methyl sites for hydroxylation is 1. The fourth-order valence-electron chi connectivity index (χ4n) is 1.08. The van der Waals surface area contributed by atoms with Crippen LogP contribution in [0, 0.1) is 12.7 Å². The highest BCUT2D eigenvalue weighted by Gasteiger charge is 2.04. The number of H-pyrrole nitrogens is 1. The first-order chi connectivity index (χ1) is 6.68. The van der Waals surface area contributed by atoms with Crippen LogP contribution >= 0.6 is 0 Å². The maximum Gasteiger partial charge on any atom is 0.348 e. The van der Waals surface area contributed by atoms with Crippen LogP contribution in [-0.2, 0) is 0 Å². The molecule has 2 rings (SSSR count). The molecule has 0 radical (unpaired) electrons. The van der Waals surface area contributed by atoms with Crippen molar-refractivity contribution in [2.75, 3.05) is 0 Å². The number of pyridine rings is 1. The van der Waals surface area contributed by atoms with Crippen LogP contribution in [0.4, 0.5) is 4.39 Å². The summed E-state index contributed by atoms with van der Waals surface area (Å²) in [7, 11) is 0. The van der Waals surface area contributed by atoms with Crippen molar-refractivity contribution in [2.45, 2.75) is 6.92 Å². The van der Waals surface area contributed by atoms with Crippen molar-refractivity contribution >= 4 is 0 Å². The van der Waals surface area contributed by atoms with Crippen molar-refractivity contribution in [1.82, 2.24) is 19.7 Å². The lowest BCUT2D eigenvalue weighted by molar-refractivity contribution is 0.608. The third-order valence-corrected chi connectivity index (χ3v) is 1.81. The van der Waals surface area contributed by atoms with Crippen molar-refractivity contribution in [1.29, 1.82) is 0 Å². The second-order valence-electron chi connectivity index (χ2n) is 2.77. The molecule has 0 unspecified atom stereocenters. The predicted molar refractivity (Wildman–Crippen MR) is 46.7 cm³/mol. The Kier molecular flexibility index (Phi) is 1.88. The Morgan fingerprint density at radius 2 is 2.29 bits per heavy atom. The number of nitrogens with one attached hydrogen (secondary N) is 1. The Morgan fingerprint density at radius 1 is 1.50 bits per heavy atom. The van der Waals surface area contributed by atoms with Gasteiger partial charge in [0.1, 0.15) is 18.0 Å². The molecule has 1 N–H and O–H groups in total. The highest BCUT2D eigenvalue weighted by molar-refractivity contribution is 5.24. The summed E-state index contributed by atoms with van der Waals surface area (Å²) < 4.78 is 14.1. The number of aromatic nitrogens is 4. The third-order valence-electron chi connectivity index (χ3n) is 1.81. The summed E-state index contributed by atoms with van der Waals surface area (Å²) in [6.45, 7) is 1.53. The van der Waals surface area contributed by atoms with Gasteiger partial charge in [0.2, 0.25) is 0 Å². The van der Waals surface area contributed by atoms with Gasteiger partial charge in [-0.05, 0) is 19.1 Å². The van der Waals surface area contributed by atoms with Gasteiger partial charge in [0.25, 0.3) is 0 Å². The number of rotatable bonds is 1. The molecular weight excluding hydrogens is 187 g/mol. The average molecular weight is 194 g/mol. The Bertz CT molecular complexity index is 516. The summed E-state index contributed by atoms with van der Waals surface area (Å²) in [5.41, 5.74) is -0.154. The smallest absolute Gasteiger partial charge is 0.246 e. The van der Waals surface area contributed by atoms with Crippen LogP contribution in [0.15, 0.2) is 23.3 Å². The Morgan fingerprint density at radius 3 is 2.86 bits per heavy atom. The number of nitrogens with zero attached hydrogens (tertiary/aromatic N) is 3. The minimum atomic E-state index is -0.400. The number of hydrogen-bond donors (Lipinski definition) is 1. The zero-order valence-corrected chi connectivity index (χ0v) is 7.36. The van der Waals surface area contributed by atoms with E-state index in [0.717, 1.165) is 0 Å². The van der Waals surface area contributed by atoms with E-state index in [1.54, 1.807) is 0 Å². The lowest BCUT2D eigenvalue weighted by Gasteiger charge is -2.00. The van der Waals surface area contributed by atoms with Gasteiger partial charge >= 0.3 is 5.69 Å². The molecule has 0 fully saturated rings. The molecule has 72 valence electrons. The molecule has 0 saturated heterocycles. The van der Waals surface area contributed by atoms with Gasteiger partial charge in [-0.3, -0.25) is 0 Å². The summed E-state index contributed by atoms with van der Waals surface area (Å²) in [6, 6.07) is 2.68.